The zero-order valence-corrected chi connectivity index (χ0v) is 12.0. The van der Waals surface area contributed by atoms with Crippen LogP contribution in [0, 0.1) is 17.1 Å². The Hall–Kier alpha value is -0.960. The summed E-state index contributed by atoms with van der Waals surface area (Å²) in [6.07, 6.45) is -1.31. The van der Waals surface area contributed by atoms with Crippen LogP contribution in [0.2, 0.25) is 0 Å². The van der Waals surface area contributed by atoms with Crippen LogP contribution in [0.4, 0.5) is 4.39 Å². The first-order chi connectivity index (χ1) is 8.30. The number of hydrogen-bond acceptors (Lipinski definition) is 3. The summed E-state index contributed by atoms with van der Waals surface area (Å²) in [6, 6.07) is 6.37. The predicted molar refractivity (Wildman–Crippen MR) is 69.3 cm³/mol. The van der Waals surface area contributed by atoms with Crippen molar-refractivity contribution in [3.05, 3.63) is 34.1 Å². The number of nitriles is 1. The van der Waals surface area contributed by atoms with E-state index >= 15 is 0 Å². The molecule has 0 amide bonds. The zero-order valence-electron chi connectivity index (χ0n) is 10.4. The lowest BCUT2D eigenvalue weighted by Crippen LogP contribution is -2.34. The average molecular weight is 316 g/mol. The fourth-order valence-electron chi connectivity index (χ4n) is 1.50. The Kier molecular flexibility index (Phi) is 4.85. The molecule has 0 radical (unpaired) electrons. The highest BCUT2D eigenvalue weighted by Gasteiger charge is 2.33. The van der Waals surface area contributed by atoms with E-state index in [-0.39, 0.29) is 5.56 Å². The number of rotatable bonds is 4. The van der Waals surface area contributed by atoms with E-state index in [4.69, 9.17) is 4.74 Å². The molecule has 0 aromatic heterocycles. The molecule has 0 aliphatic carbocycles. The Morgan fingerprint density at radius 3 is 2.56 bits per heavy atom. The van der Waals surface area contributed by atoms with Gasteiger partial charge in [-0.05, 0) is 32.9 Å². The third kappa shape index (κ3) is 3.29. The van der Waals surface area contributed by atoms with E-state index in [9.17, 15) is 14.8 Å². The molecule has 1 rings (SSSR count). The second-order valence-electron chi connectivity index (χ2n) is 4.33. The topological polar surface area (TPSA) is 53.2 Å². The number of benzene rings is 1. The number of hydrogen-bond donors (Lipinski definition) is 1. The summed E-state index contributed by atoms with van der Waals surface area (Å²) < 4.78 is 19.9. The van der Waals surface area contributed by atoms with Gasteiger partial charge in [0.05, 0.1) is 12.2 Å². The summed E-state index contributed by atoms with van der Waals surface area (Å²) in [5, 5.41) is 18.6. The molecule has 3 unspecified atom stereocenters. The van der Waals surface area contributed by atoms with E-state index < -0.39 is 23.6 Å². The molecular formula is C13H15BrFNO2. The quantitative estimate of drug-likeness (QED) is 0.928. The maximum atomic E-state index is 13.9. The fraction of sp³-hybridized carbons (Fsp3) is 0.462. The van der Waals surface area contributed by atoms with E-state index in [1.165, 1.54) is 19.1 Å². The van der Waals surface area contributed by atoms with E-state index in [1.807, 2.05) is 6.07 Å². The molecule has 0 aliphatic rings. The zero-order chi connectivity index (χ0) is 13.9. The highest BCUT2D eigenvalue weighted by atomic mass is 79.9. The van der Waals surface area contributed by atoms with E-state index in [0.29, 0.717) is 4.47 Å². The normalized spacial score (nSPS) is 17.6. The SMILES string of the molecule is CC(O)C(C)OC(C)(C#N)c1ccc(Br)cc1F. The van der Waals surface area contributed by atoms with Crippen LogP contribution in [-0.4, -0.2) is 17.3 Å². The number of aliphatic hydroxyl groups is 1. The van der Waals surface area contributed by atoms with Crippen LogP contribution in [0.5, 0.6) is 0 Å². The first-order valence-electron chi connectivity index (χ1n) is 5.53. The smallest absolute Gasteiger partial charge is 0.180 e. The lowest BCUT2D eigenvalue weighted by molar-refractivity contribution is -0.0921. The Bertz CT molecular complexity index is 473. The highest BCUT2D eigenvalue weighted by Crippen LogP contribution is 2.30. The summed E-state index contributed by atoms with van der Waals surface area (Å²) in [5.74, 6) is -0.522. The molecule has 3 nitrogen and oxygen atoms in total. The van der Waals surface area contributed by atoms with Crippen molar-refractivity contribution in [2.75, 3.05) is 0 Å². The standard InChI is InChI=1S/C13H15BrFNO2/c1-8(17)9(2)18-13(3,7-16)11-5-4-10(14)6-12(11)15/h4-6,8-9,17H,1-3H3. The van der Waals surface area contributed by atoms with Gasteiger partial charge in [-0.3, -0.25) is 0 Å². The molecular weight excluding hydrogens is 301 g/mol. The summed E-state index contributed by atoms with van der Waals surface area (Å²) in [7, 11) is 0. The van der Waals surface area contributed by atoms with Crippen molar-refractivity contribution in [2.24, 2.45) is 0 Å². The van der Waals surface area contributed by atoms with Gasteiger partial charge in [0.1, 0.15) is 11.9 Å². The van der Waals surface area contributed by atoms with Gasteiger partial charge in [0.15, 0.2) is 5.60 Å². The number of aliphatic hydroxyl groups excluding tert-OH is 1. The average Bonchev–Trinajstić information content (AvgIpc) is 2.28. The molecule has 1 aromatic rings. The summed E-state index contributed by atoms with van der Waals surface area (Å²) in [6.45, 7) is 4.68. The third-order valence-electron chi connectivity index (χ3n) is 2.76. The molecule has 18 heavy (non-hydrogen) atoms. The van der Waals surface area contributed by atoms with Crippen molar-refractivity contribution in [3.8, 4) is 6.07 Å². The molecule has 0 heterocycles. The Balaban J connectivity index is 3.12. The molecule has 0 fully saturated rings. The molecule has 0 bridgehead atoms. The van der Waals surface area contributed by atoms with E-state index in [0.717, 1.165) is 0 Å². The van der Waals surface area contributed by atoms with Crippen LogP contribution < -0.4 is 0 Å². The Morgan fingerprint density at radius 1 is 1.50 bits per heavy atom. The van der Waals surface area contributed by atoms with Gasteiger partial charge in [-0.2, -0.15) is 5.26 Å². The number of ether oxygens (including phenoxy) is 1. The number of halogens is 2. The van der Waals surface area contributed by atoms with Crippen LogP contribution in [0.1, 0.15) is 26.3 Å². The molecule has 1 aromatic carbocycles. The van der Waals surface area contributed by atoms with Gasteiger partial charge in [-0.25, -0.2) is 4.39 Å². The van der Waals surface area contributed by atoms with Crippen molar-refractivity contribution in [1.82, 2.24) is 0 Å². The molecule has 1 N–H and O–H groups in total. The molecule has 0 saturated carbocycles. The first-order valence-corrected chi connectivity index (χ1v) is 6.32. The Morgan fingerprint density at radius 2 is 2.11 bits per heavy atom. The predicted octanol–water partition coefficient (Wildman–Crippen LogP) is 3.11. The van der Waals surface area contributed by atoms with Crippen LogP contribution >= 0.6 is 15.9 Å². The van der Waals surface area contributed by atoms with Gasteiger partial charge in [-0.1, -0.05) is 22.0 Å². The molecule has 5 heteroatoms. The molecule has 0 aliphatic heterocycles. The maximum absolute atomic E-state index is 13.9. The minimum absolute atomic E-state index is 0.153. The van der Waals surface area contributed by atoms with Crippen LogP contribution in [0.25, 0.3) is 0 Å². The van der Waals surface area contributed by atoms with Crippen molar-refractivity contribution in [3.63, 3.8) is 0 Å². The molecule has 0 spiro atoms. The van der Waals surface area contributed by atoms with Crippen LogP contribution in [0.3, 0.4) is 0 Å². The van der Waals surface area contributed by atoms with Gasteiger partial charge in [-0.15, -0.1) is 0 Å². The van der Waals surface area contributed by atoms with Crippen LogP contribution in [-0.2, 0) is 10.3 Å². The van der Waals surface area contributed by atoms with E-state index in [2.05, 4.69) is 15.9 Å². The Labute approximate surface area is 114 Å². The number of nitrogens with zero attached hydrogens (tertiary/aromatic N) is 1. The molecule has 98 valence electrons. The van der Waals surface area contributed by atoms with Crippen molar-refractivity contribution in [1.29, 1.82) is 5.26 Å². The van der Waals surface area contributed by atoms with Gasteiger partial charge >= 0.3 is 0 Å². The minimum Gasteiger partial charge on any atom is -0.391 e. The second-order valence-corrected chi connectivity index (χ2v) is 5.25. The van der Waals surface area contributed by atoms with E-state index in [1.54, 1.807) is 19.9 Å². The van der Waals surface area contributed by atoms with Gasteiger partial charge < -0.3 is 9.84 Å². The monoisotopic (exact) mass is 315 g/mol. The van der Waals surface area contributed by atoms with Gasteiger partial charge in [0, 0.05) is 10.0 Å². The maximum Gasteiger partial charge on any atom is 0.180 e. The lowest BCUT2D eigenvalue weighted by atomic mass is 9.96. The molecule has 0 saturated heterocycles. The minimum atomic E-state index is -1.43. The summed E-state index contributed by atoms with van der Waals surface area (Å²) in [4.78, 5) is 0. The van der Waals surface area contributed by atoms with Crippen molar-refractivity contribution in [2.45, 2.75) is 38.6 Å². The van der Waals surface area contributed by atoms with Crippen LogP contribution in [0.15, 0.2) is 22.7 Å². The fourth-order valence-corrected chi connectivity index (χ4v) is 1.83. The summed E-state index contributed by atoms with van der Waals surface area (Å²) in [5.41, 5.74) is -1.28. The third-order valence-corrected chi connectivity index (χ3v) is 3.25. The van der Waals surface area contributed by atoms with Gasteiger partial charge in [0.25, 0.3) is 0 Å². The lowest BCUT2D eigenvalue weighted by Gasteiger charge is -2.28. The van der Waals surface area contributed by atoms with Gasteiger partial charge in [0.2, 0.25) is 0 Å². The molecule has 3 atom stereocenters. The van der Waals surface area contributed by atoms with Crippen molar-refractivity contribution >= 4 is 15.9 Å². The highest BCUT2D eigenvalue weighted by molar-refractivity contribution is 9.10. The van der Waals surface area contributed by atoms with Crippen molar-refractivity contribution < 1.29 is 14.2 Å². The largest absolute Gasteiger partial charge is 0.391 e. The second kappa shape index (κ2) is 5.79. The first kappa shape index (κ1) is 15.1. The summed E-state index contributed by atoms with van der Waals surface area (Å²) >= 11 is 3.16.